The van der Waals surface area contributed by atoms with Gasteiger partial charge in [0.25, 0.3) is 5.91 Å². The minimum absolute atomic E-state index is 0.0275. The Hall–Kier alpha value is -2.69. The van der Waals surface area contributed by atoms with Crippen molar-refractivity contribution in [1.29, 1.82) is 0 Å². The van der Waals surface area contributed by atoms with Crippen LogP contribution in [0.1, 0.15) is 33.6 Å². The van der Waals surface area contributed by atoms with Crippen LogP contribution in [0.15, 0.2) is 59.5 Å². The molecule has 1 aliphatic heterocycles. The quantitative estimate of drug-likeness (QED) is 0.648. The number of para-hydroxylation sites is 1. The van der Waals surface area contributed by atoms with Crippen molar-refractivity contribution in [3.05, 3.63) is 70.4 Å². The summed E-state index contributed by atoms with van der Waals surface area (Å²) in [5, 5.41) is 11.4. The molecule has 0 aliphatic carbocycles. The van der Waals surface area contributed by atoms with E-state index in [1.807, 2.05) is 0 Å². The molecule has 0 radical (unpaired) electrons. The molecule has 0 atom stereocenters. The Morgan fingerprint density at radius 2 is 1.70 bits per heavy atom. The van der Waals surface area contributed by atoms with Crippen LogP contribution >= 0.6 is 11.3 Å². The minimum Gasteiger partial charge on any atom is -0.317 e. The van der Waals surface area contributed by atoms with Gasteiger partial charge in [0.05, 0.1) is 10.6 Å². The molecule has 0 bridgehead atoms. The maximum atomic E-state index is 13.7. The molecule has 1 amide bonds. The van der Waals surface area contributed by atoms with Crippen LogP contribution in [0, 0.1) is 5.82 Å². The van der Waals surface area contributed by atoms with Gasteiger partial charge in [0.2, 0.25) is 15.0 Å². The second-order valence-electron chi connectivity index (χ2n) is 6.87. The van der Waals surface area contributed by atoms with Crippen LogP contribution in [0.2, 0.25) is 0 Å². The van der Waals surface area contributed by atoms with Gasteiger partial charge < -0.3 is 5.32 Å². The molecule has 1 fully saturated rings. The Morgan fingerprint density at radius 3 is 2.40 bits per heavy atom. The minimum atomic E-state index is -3.51. The van der Waals surface area contributed by atoms with Crippen molar-refractivity contribution in [2.45, 2.75) is 23.7 Å². The zero-order valence-electron chi connectivity index (χ0n) is 15.9. The number of sulfonamides is 1. The molecule has 0 unspecified atom stereocenters. The van der Waals surface area contributed by atoms with Gasteiger partial charge in [-0.25, -0.2) is 12.8 Å². The summed E-state index contributed by atoms with van der Waals surface area (Å²) in [6.45, 7) is 0.746. The van der Waals surface area contributed by atoms with Gasteiger partial charge in [-0.15, -0.1) is 10.2 Å². The van der Waals surface area contributed by atoms with Crippen LogP contribution in [0.3, 0.4) is 0 Å². The number of nitrogens with one attached hydrogen (secondary N) is 1. The highest BCUT2D eigenvalue weighted by Crippen LogP contribution is 2.32. The largest absolute Gasteiger partial charge is 0.317 e. The van der Waals surface area contributed by atoms with Gasteiger partial charge >= 0.3 is 0 Å². The van der Waals surface area contributed by atoms with Crippen molar-refractivity contribution >= 4 is 33.0 Å². The summed E-state index contributed by atoms with van der Waals surface area (Å²) in [4.78, 5) is 12.6. The number of hydrogen-bond acceptors (Lipinski definition) is 6. The summed E-state index contributed by atoms with van der Waals surface area (Å²) < 4.78 is 40.7. The van der Waals surface area contributed by atoms with Gasteiger partial charge in [-0.2, -0.15) is 4.31 Å². The van der Waals surface area contributed by atoms with Crippen LogP contribution in [-0.4, -0.2) is 41.9 Å². The predicted octanol–water partition coefficient (Wildman–Crippen LogP) is 3.50. The molecule has 2 heterocycles. The fraction of sp³-hybridized carbons (Fsp3) is 0.250. The van der Waals surface area contributed by atoms with E-state index in [1.54, 1.807) is 42.5 Å². The van der Waals surface area contributed by atoms with Crippen molar-refractivity contribution in [3.63, 3.8) is 0 Å². The summed E-state index contributed by atoms with van der Waals surface area (Å²) in [6, 6.07) is 14.3. The normalized spacial score (nSPS) is 15.8. The number of benzene rings is 2. The lowest BCUT2D eigenvalue weighted by Crippen LogP contribution is -2.37. The monoisotopic (exact) mass is 446 g/mol. The molecule has 1 N–H and O–H groups in total. The van der Waals surface area contributed by atoms with Gasteiger partial charge in [-0.05, 0) is 37.1 Å². The molecule has 10 heteroatoms. The molecule has 1 aliphatic rings. The van der Waals surface area contributed by atoms with Crippen LogP contribution in [0.4, 0.5) is 10.1 Å². The van der Waals surface area contributed by atoms with Gasteiger partial charge in [-0.1, -0.05) is 41.7 Å². The zero-order valence-corrected chi connectivity index (χ0v) is 17.5. The number of carbonyl (C=O) groups excluding carboxylic acids is 1. The van der Waals surface area contributed by atoms with E-state index in [4.69, 9.17) is 0 Å². The zero-order chi connectivity index (χ0) is 21.1. The van der Waals surface area contributed by atoms with E-state index in [0.717, 1.165) is 11.3 Å². The lowest BCUT2D eigenvalue weighted by Gasteiger charge is -2.30. The van der Waals surface area contributed by atoms with Gasteiger partial charge in [0.1, 0.15) is 10.8 Å². The molecule has 7 nitrogen and oxygen atoms in total. The molecule has 0 spiro atoms. The SMILES string of the molecule is O=C(Nc1ccccc1F)c1nnc(C2CCN(S(=O)(=O)c3ccccc3)CC2)s1. The summed E-state index contributed by atoms with van der Waals surface area (Å²) in [6.07, 6.45) is 1.19. The highest BCUT2D eigenvalue weighted by Gasteiger charge is 2.31. The highest BCUT2D eigenvalue weighted by molar-refractivity contribution is 7.89. The topological polar surface area (TPSA) is 92.3 Å². The molecular formula is C20H19FN4O3S2. The maximum absolute atomic E-state index is 13.7. The van der Waals surface area contributed by atoms with E-state index in [0.29, 0.717) is 30.9 Å². The van der Waals surface area contributed by atoms with Crippen molar-refractivity contribution in [2.75, 3.05) is 18.4 Å². The Morgan fingerprint density at radius 1 is 1.03 bits per heavy atom. The predicted molar refractivity (Wildman–Crippen MR) is 111 cm³/mol. The molecule has 3 aromatic rings. The number of rotatable bonds is 5. The Labute approximate surface area is 177 Å². The lowest BCUT2D eigenvalue weighted by atomic mass is 9.99. The molecule has 0 saturated carbocycles. The van der Waals surface area contributed by atoms with Crippen molar-refractivity contribution in [3.8, 4) is 0 Å². The summed E-state index contributed by atoms with van der Waals surface area (Å²) in [5.74, 6) is -1.02. The number of carbonyl (C=O) groups is 1. The van der Waals surface area contributed by atoms with Gasteiger partial charge in [0, 0.05) is 19.0 Å². The smallest absolute Gasteiger partial charge is 0.286 e. The van der Waals surface area contributed by atoms with Crippen molar-refractivity contribution in [2.24, 2.45) is 0 Å². The number of nitrogens with zero attached hydrogens (tertiary/aromatic N) is 3. The van der Waals surface area contributed by atoms with Crippen LogP contribution in [0.5, 0.6) is 0 Å². The van der Waals surface area contributed by atoms with E-state index >= 15 is 0 Å². The first-order chi connectivity index (χ1) is 14.4. The number of hydrogen-bond donors (Lipinski definition) is 1. The molecule has 4 rings (SSSR count). The number of amides is 1. The number of anilines is 1. The fourth-order valence-electron chi connectivity index (χ4n) is 3.31. The van der Waals surface area contributed by atoms with Gasteiger partial charge in [-0.3, -0.25) is 4.79 Å². The van der Waals surface area contributed by atoms with E-state index in [9.17, 15) is 17.6 Å². The number of halogens is 1. The third-order valence-electron chi connectivity index (χ3n) is 4.94. The molecule has 1 aromatic heterocycles. The average Bonchev–Trinajstić information content (AvgIpc) is 3.27. The number of aromatic nitrogens is 2. The second-order valence-corrected chi connectivity index (χ2v) is 9.82. The van der Waals surface area contributed by atoms with E-state index < -0.39 is 21.7 Å². The Bertz CT molecular complexity index is 1140. The van der Waals surface area contributed by atoms with Crippen LogP contribution in [0.25, 0.3) is 0 Å². The first kappa shape index (κ1) is 20.6. The summed E-state index contributed by atoms with van der Waals surface area (Å²) in [7, 11) is -3.51. The lowest BCUT2D eigenvalue weighted by molar-refractivity contribution is 0.102. The third kappa shape index (κ3) is 4.25. The fourth-order valence-corrected chi connectivity index (χ4v) is 5.71. The van der Waals surface area contributed by atoms with E-state index in [1.165, 1.54) is 16.4 Å². The molecule has 156 valence electrons. The Balaban J connectivity index is 1.40. The molecular weight excluding hydrogens is 427 g/mol. The highest BCUT2D eigenvalue weighted by atomic mass is 32.2. The van der Waals surface area contributed by atoms with Crippen LogP contribution < -0.4 is 5.32 Å². The standard InChI is InChI=1S/C20H19FN4O3S2/c21-16-8-4-5-9-17(16)22-18(26)20-24-23-19(29-20)14-10-12-25(13-11-14)30(27,28)15-6-2-1-3-7-15/h1-9,14H,10-13H2,(H,22,26). The average molecular weight is 447 g/mol. The maximum Gasteiger partial charge on any atom is 0.286 e. The summed E-state index contributed by atoms with van der Waals surface area (Å²) in [5.41, 5.74) is 0.0821. The third-order valence-corrected chi connectivity index (χ3v) is 7.94. The van der Waals surface area contributed by atoms with Gasteiger partial charge in [0.15, 0.2) is 0 Å². The van der Waals surface area contributed by atoms with E-state index in [2.05, 4.69) is 15.5 Å². The van der Waals surface area contributed by atoms with E-state index in [-0.39, 0.29) is 21.5 Å². The molecule has 2 aromatic carbocycles. The number of piperidine rings is 1. The van der Waals surface area contributed by atoms with Crippen molar-refractivity contribution in [1.82, 2.24) is 14.5 Å². The first-order valence-corrected chi connectivity index (χ1v) is 11.7. The van der Waals surface area contributed by atoms with Crippen molar-refractivity contribution < 1.29 is 17.6 Å². The second kappa shape index (κ2) is 8.58. The van der Waals surface area contributed by atoms with Crippen LogP contribution in [-0.2, 0) is 10.0 Å². The molecule has 30 heavy (non-hydrogen) atoms. The molecule has 1 saturated heterocycles. The Kier molecular flexibility index (Phi) is 5.89. The summed E-state index contributed by atoms with van der Waals surface area (Å²) >= 11 is 1.15. The first-order valence-electron chi connectivity index (χ1n) is 9.39.